The van der Waals surface area contributed by atoms with Gasteiger partial charge >= 0.3 is 0 Å². The number of aryl methyl sites for hydroxylation is 2. The number of rotatable bonds is 2. The van der Waals surface area contributed by atoms with E-state index in [1.165, 1.54) is 11.3 Å². The average molecular weight is 272 g/mol. The highest BCUT2D eigenvalue weighted by molar-refractivity contribution is 7.15. The van der Waals surface area contributed by atoms with Crippen molar-refractivity contribution in [2.45, 2.75) is 13.8 Å². The number of hydrogen-bond donors (Lipinski definition) is 1. The molecule has 1 amide bonds. The van der Waals surface area contributed by atoms with E-state index in [-0.39, 0.29) is 5.91 Å². The maximum absolute atomic E-state index is 12.1. The third kappa shape index (κ3) is 2.34. The van der Waals surface area contributed by atoms with Crippen LogP contribution in [0.1, 0.15) is 20.9 Å². The van der Waals surface area contributed by atoms with Crippen molar-refractivity contribution in [1.29, 1.82) is 0 Å². The van der Waals surface area contributed by atoms with Crippen LogP contribution < -0.4 is 5.32 Å². The second-order valence-electron chi connectivity index (χ2n) is 4.33. The van der Waals surface area contributed by atoms with Crippen LogP contribution in [0.15, 0.2) is 30.7 Å². The molecule has 3 heterocycles. The molecule has 3 rings (SSSR count). The molecule has 0 saturated carbocycles. The van der Waals surface area contributed by atoms with E-state index in [0.717, 1.165) is 16.1 Å². The third-order valence-electron chi connectivity index (χ3n) is 2.69. The topological polar surface area (TPSA) is 59.3 Å². The van der Waals surface area contributed by atoms with Crippen LogP contribution in [0, 0.1) is 13.8 Å². The Balaban J connectivity index is 1.89. The van der Waals surface area contributed by atoms with Crippen molar-refractivity contribution in [1.82, 2.24) is 14.4 Å². The number of thiazole rings is 1. The van der Waals surface area contributed by atoms with Crippen molar-refractivity contribution in [2.75, 3.05) is 5.32 Å². The van der Waals surface area contributed by atoms with E-state index < -0.39 is 0 Å². The summed E-state index contributed by atoms with van der Waals surface area (Å²) >= 11 is 1.44. The first-order valence-corrected chi connectivity index (χ1v) is 6.62. The molecule has 0 spiro atoms. The molecular weight excluding hydrogens is 260 g/mol. The predicted octanol–water partition coefficient (Wildman–Crippen LogP) is 2.66. The zero-order chi connectivity index (χ0) is 13.4. The minimum atomic E-state index is -0.240. The van der Waals surface area contributed by atoms with Gasteiger partial charge in [0.25, 0.3) is 5.91 Å². The van der Waals surface area contributed by atoms with Gasteiger partial charge in [-0.2, -0.15) is 0 Å². The van der Waals surface area contributed by atoms with Gasteiger partial charge < -0.3 is 4.40 Å². The molecule has 0 aliphatic heterocycles. The highest BCUT2D eigenvalue weighted by Gasteiger charge is 2.12. The highest BCUT2D eigenvalue weighted by Crippen LogP contribution is 2.17. The summed E-state index contributed by atoms with van der Waals surface area (Å²) in [7, 11) is 0. The largest absolute Gasteiger partial charge is 0.306 e. The Morgan fingerprint density at radius 3 is 3.00 bits per heavy atom. The fraction of sp³-hybridized carbons (Fsp3) is 0.154. The maximum Gasteiger partial charge on any atom is 0.277 e. The number of pyridine rings is 1. The molecule has 0 aliphatic carbocycles. The normalized spacial score (nSPS) is 10.8. The number of anilines is 1. The van der Waals surface area contributed by atoms with E-state index in [0.29, 0.717) is 10.8 Å². The van der Waals surface area contributed by atoms with Gasteiger partial charge in [0.2, 0.25) is 0 Å². The first-order valence-electron chi connectivity index (χ1n) is 5.81. The van der Waals surface area contributed by atoms with Crippen LogP contribution >= 0.6 is 11.3 Å². The zero-order valence-electron chi connectivity index (χ0n) is 10.5. The molecule has 0 aliphatic rings. The van der Waals surface area contributed by atoms with Crippen LogP contribution in [0.2, 0.25) is 0 Å². The van der Waals surface area contributed by atoms with Crippen molar-refractivity contribution in [2.24, 2.45) is 0 Å². The number of nitrogens with zero attached hydrogens (tertiary/aromatic N) is 3. The summed E-state index contributed by atoms with van der Waals surface area (Å²) in [5.74, 6) is -0.240. The molecule has 3 aromatic rings. The molecule has 19 heavy (non-hydrogen) atoms. The first kappa shape index (κ1) is 11.9. The van der Waals surface area contributed by atoms with Gasteiger partial charge in [0.15, 0.2) is 5.13 Å². The molecule has 6 heteroatoms. The molecule has 0 atom stereocenters. The molecular formula is C13H12N4OS. The van der Waals surface area contributed by atoms with Gasteiger partial charge in [0, 0.05) is 23.5 Å². The molecule has 0 bridgehead atoms. The van der Waals surface area contributed by atoms with Crippen LogP contribution in [0.4, 0.5) is 5.13 Å². The van der Waals surface area contributed by atoms with Crippen molar-refractivity contribution >= 4 is 28.0 Å². The summed E-state index contributed by atoms with van der Waals surface area (Å²) in [5.41, 5.74) is 2.26. The second-order valence-corrected chi connectivity index (χ2v) is 5.56. The highest BCUT2D eigenvalue weighted by atomic mass is 32.1. The van der Waals surface area contributed by atoms with E-state index in [2.05, 4.69) is 15.3 Å². The number of amides is 1. The molecule has 5 nitrogen and oxygen atoms in total. The fourth-order valence-electron chi connectivity index (χ4n) is 1.77. The molecule has 96 valence electrons. The van der Waals surface area contributed by atoms with E-state index in [4.69, 9.17) is 0 Å². The summed E-state index contributed by atoms with van der Waals surface area (Å²) in [5, 5.41) is 3.34. The Hall–Kier alpha value is -2.21. The minimum Gasteiger partial charge on any atom is -0.306 e. The SMILES string of the molecule is Cc1ccn2cc(C(=O)Nc3ncc(C)s3)nc2c1. The zero-order valence-corrected chi connectivity index (χ0v) is 11.4. The van der Waals surface area contributed by atoms with Gasteiger partial charge in [-0.1, -0.05) is 0 Å². The Morgan fingerprint density at radius 1 is 1.42 bits per heavy atom. The number of aromatic nitrogens is 3. The van der Waals surface area contributed by atoms with E-state index in [1.54, 1.807) is 12.4 Å². The van der Waals surface area contributed by atoms with Crippen molar-refractivity contribution in [3.05, 3.63) is 46.9 Å². The Morgan fingerprint density at radius 2 is 2.26 bits per heavy atom. The van der Waals surface area contributed by atoms with E-state index in [9.17, 15) is 4.79 Å². The summed E-state index contributed by atoms with van der Waals surface area (Å²) in [6.45, 7) is 3.94. The monoisotopic (exact) mass is 272 g/mol. The van der Waals surface area contributed by atoms with Gasteiger partial charge in [-0.3, -0.25) is 10.1 Å². The van der Waals surface area contributed by atoms with Crippen LogP contribution in [-0.2, 0) is 0 Å². The molecule has 0 saturated heterocycles. The lowest BCUT2D eigenvalue weighted by Gasteiger charge is -1.96. The number of hydrogen-bond acceptors (Lipinski definition) is 4. The number of fused-ring (bicyclic) bond motifs is 1. The van der Waals surface area contributed by atoms with Gasteiger partial charge in [-0.15, -0.1) is 11.3 Å². The number of nitrogens with one attached hydrogen (secondary N) is 1. The second kappa shape index (κ2) is 4.47. The third-order valence-corrected chi connectivity index (χ3v) is 3.52. The summed E-state index contributed by atoms with van der Waals surface area (Å²) in [6.07, 6.45) is 5.33. The lowest BCUT2D eigenvalue weighted by Crippen LogP contribution is -2.11. The average Bonchev–Trinajstić information content (AvgIpc) is 2.95. The van der Waals surface area contributed by atoms with E-state index in [1.807, 2.05) is 36.6 Å². The number of carbonyl (C=O) groups excluding carboxylic acids is 1. The smallest absolute Gasteiger partial charge is 0.277 e. The molecule has 0 fully saturated rings. The van der Waals surface area contributed by atoms with Crippen LogP contribution in [0.5, 0.6) is 0 Å². The minimum absolute atomic E-state index is 0.240. The molecule has 1 N–H and O–H groups in total. The van der Waals surface area contributed by atoms with Crippen molar-refractivity contribution in [3.8, 4) is 0 Å². The Bertz CT molecular complexity index is 759. The summed E-state index contributed by atoms with van der Waals surface area (Å²) < 4.78 is 1.83. The number of carbonyl (C=O) groups is 1. The molecule has 0 aromatic carbocycles. The van der Waals surface area contributed by atoms with Gasteiger partial charge in [0.1, 0.15) is 11.3 Å². The Labute approximate surface area is 113 Å². The molecule has 0 radical (unpaired) electrons. The van der Waals surface area contributed by atoms with Crippen molar-refractivity contribution < 1.29 is 4.79 Å². The number of imidazole rings is 1. The quantitative estimate of drug-likeness (QED) is 0.780. The van der Waals surface area contributed by atoms with Crippen LogP contribution in [-0.4, -0.2) is 20.3 Å². The first-order chi connectivity index (χ1) is 9.11. The van der Waals surface area contributed by atoms with Crippen LogP contribution in [0.25, 0.3) is 5.65 Å². The summed E-state index contributed by atoms with van der Waals surface area (Å²) in [6, 6.07) is 3.91. The van der Waals surface area contributed by atoms with Gasteiger partial charge in [-0.25, -0.2) is 9.97 Å². The maximum atomic E-state index is 12.1. The summed E-state index contributed by atoms with van der Waals surface area (Å²) in [4.78, 5) is 21.5. The lowest BCUT2D eigenvalue weighted by molar-refractivity contribution is 0.102. The van der Waals surface area contributed by atoms with Gasteiger partial charge in [0.05, 0.1) is 0 Å². The fourth-order valence-corrected chi connectivity index (χ4v) is 2.43. The lowest BCUT2D eigenvalue weighted by atomic mass is 10.3. The van der Waals surface area contributed by atoms with Crippen molar-refractivity contribution in [3.63, 3.8) is 0 Å². The standard InChI is InChI=1S/C13H12N4OS/c1-8-3-4-17-7-10(15-11(17)5-8)12(18)16-13-14-6-9(2)19-13/h3-7H,1-2H3,(H,14,16,18). The molecule has 0 unspecified atom stereocenters. The Kier molecular flexibility index (Phi) is 2.79. The molecule has 3 aromatic heterocycles. The van der Waals surface area contributed by atoms with E-state index >= 15 is 0 Å². The predicted molar refractivity (Wildman–Crippen MR) is 74.7 cm³/mol. The van der Waals surface area contributed by atoms with Gasteiger partial charge in [-0.05, 0) is 31.5 Å². The van der Waals surface area contributed by atoms with Crippen LogP contribution in [0.3, 0.4) is 0 Å².